The maximum atomic E-state index is 11.8. The van der Waals surface area contributed by atoms with E-state index in [2.05, 4.69) is 10.2 Å². The Morgan fingerprint density at radius 1 is 0.957 bits per heavy atom. The van der Waals surface area contributed by atoms with Crippen LogP contribution in [0.25, 0.3) is 0 Å². The maximum absolute atomic E-state index is 11.8. The number of hydrogen-bond donors (Lipinski definition) is 3. The van der Waals surface area contributed by atoms with E-state index in [0.29, 0.717) is 11.4 Å². The molecule has 0 atom stereocenters. The summed E-state index contributed by atoms with van der Waals surface area (Å²) < 4.78 is 25.4. The van der Waals surface area contributed by atoms with E-state index in [1.54, 1.807) is 0 Å². The van der Waals surface area contributed by atoms with E-state index in [9.17, 15) is 23.4 Å². The highest BCUT2D eigenvalue weighted by Crippen LogP contribution is 2.29. The molecular weight excluding hydrogens is 322 g/mol. The van der Waals surface area contributed by atoms with Crippen molar-refractivity contribution in [2.45, 2.75) is 11.8 Å². The Hall–Kier alpha value is -2.94. The summed E-state index contributed by atoms with van der Waals surface area (Å²) in [5.74, 6) is -1.27. The van der Waals surface area contributed by atoms with Crippen LogP contribution >= 0.6 is 0 Å². The second kappa shape index (κ2) is 6.44. The maximum Gasteiger partial charge on any atom is 0.264 e. The molecule has 1 amide bonds. The van der Waals surface area contributed by atoms with E-state index in [1.807, 2.05) is 4.72 Å². The molecule has 0 aromatic heterocycles. The lowest BCUT2D eigenvalue weighted by atomic mass is 10.3. The third kappa shape index (κ3) is 4.27. The first-order valence-electron chi connectivity index (χ1n) is 6.35. The number of nitrogens with one attached hydrogen (secondary N) is 1. The van der Waals surface area contributed by atoms with Crippen molar-refractivity contribution in [3.8, 4) is 11.5 Å². The molecule has 2 aromatic carbocycles. The second-order valence-electron chi connectivity index (χ2n) is 4.53. The van der Waals surface area contributed by atoms with Crippen LogP contribution in [0, 0.1) is 0 Å². The minimum absolute atomic E-state index is 0.0751. The van der Waals surface area contributed by atoms with Crippen LogP contribution in [-0.4, -0.2) is 24.5 Å². The van der Waals surface area contributed by atoms with Gasteiger partial charge >= 0.3 is 0 Å². The lowest BCUT2D eigenvalue weighted by Gasteiger charge is -2.04. The van der Waals surface area contributed by atoms with Crippen LogP contribution in [0.15, 0.2) is 57.6 Å². The molecule has 120 valence electrons. The van der Waals surface area contributed by atoms with Gasteiger partial charge in [-0.3, -0.25) is 4.79 Å². The van der Waals surface area contributed by atoms with Crippen LogP contribution in [-0.2, 0) is 14.8 Å². The summed E-state index contributed by atoms with van der Waals surface area (Å²) in [5.41, 5.74) is 0.689. The normalized spacial score (nSPS) is 11.5. The predicted octanol–water partition coefficient (Wildman–Crippen LogP) is 2.34. The van der Waals surface area contributed by atoms with E-state index >= 15 is 0 Å². The van der Waals surface area contributed by atoms with Gasteiger partial charge in [0.2, 0.25) is 5.91 Å². The molecule has 9 heteroatoms. The lowest BCUT2D eigenvalue weighted by Crippen LogP contribution is -2.28. The number of carbonyl (C=O) groups is 1. The Labute approximate surface area is 132 Å². The largest absolute Gasteiger partial charge is 0.504 e. The summed E-state index contributed by atoms with van der Waals surface area (Å²) in [7, 11) is -3.89. The summed E-state index contributed by atoms with van der Waals surface area (Å²) in [6.45, 7) is 1.10. The summed E-state index contributed by atoms with van der Waals surface area (Å²) in [5, 5.41) is 26.3. The first-order valence-corrected chi connectivity index (χ1v) is 7.83. The van der Waals surface area contributed by atoms with Crippen molar-refractivity contribution in [2.24, 2.45) is 10.2 Å². The number of azo groups is 1. The molecule has 0 aliphatic rings. The van der Waals surface area contributed by atoms with E-state index in [1.165, 1.54) is 42.5 Å². The molecule has 8 nitrogen and oxygen atoms in total. The Morgan fingerprint density at radius 3 is 2.09 bits per heavy atom. The number of rotatable bonds is 4. The quantitative estimate of drug-likeness (QED) is 0.583. The second-order valence-corrected chi connectivity index (χ2v) is 6.21. The summed E-state index contributed by atoms with van der Waals surface area (Å²) in [6.07, 6.45) is 0. The number of sulfonamides is 1. The van der Waals surface area contributed by atoms with Gasteiger partial charge in [0.15, 0.2) is 11.5 Å². The fourth-order valence-electron chi connectivity index (χ4n) is 1.63. The molecule has 0 aliphatic carbocycles. The number of carbonyl (C=O) groups excluding carboxylic acids is 1. The van der Waals surface area contributed by atoms with Gasteiger partial charge < -0.3 is 10.2 Å². The Kier molecular flexibility index (Phi) is 4.60. The molecule has 0 unspecified atom stereocenters. The van der Waals surface area contributed by atoms with E-state index in [-0.39, 0.29) is 16.4 Å². The van der Waals surface area contributed by atoms with Gasteiger partial charge in [-0.05, 0) is 36.4 Å². The molecule has 23 heavy (non-hydrogen) atoms. The standard InChI is InChI=1S/C14H13N3O5S/c1-9(18)17-23(21,22)12-5-2-10(3-6-12)15-16-11-4-7-13(19)14(20)8-11/h2-8,19-20H,1H3,(H,17,18). The van der Waals surface area contributed by atoms with Crippen molar-refractivity contribution in [1.82, 2.24) is 4.72 Å². The van der Waals surface area contributed by atoms with Crippen LogP contribution in [0.2, 0.25) is 0 Å². The fraction of sp³-hybridized carbons (Fsp3) is 0.0714. The highest BCUT2D eigenvalue weighted by molar-refractivity contribution is 7.90. The molecule has 3 N–H and O–H groups in total. The lowest BCUT2D eigenvalue weighted by molar-refractivity contribution is -0.117. The smallest absolute Gasteiger partial charge is 0.264 e. The summed E-state index contributed by atoms with van der Waals surface area (Å²) in [4.78, 5) is 10.8. The first-order chi connectivity index (χ1) is 10.8. The minimum atomic E-state index is -3.89. The van der Waals surface area contributed by atoms with Crippen LogP contribution in [0.4, 0.5) is 11.4 Å². The number of hydrogen-bond acceptors (Lipinski definition) is 7. The number of nitrogens with zero attached hydrogens (tertiary/aromatic N) is 2. The van der Waals surface area contributed by atoms with Crippen molar-refractivity contribution in [1.29, 1.82) is 0 Å². The van der Waals surface area contributed by atoms with E-state index in [4.69, 9.17) is 0 Å². The number of aromatic hydroxyl groups is 2. The van der Waals surface area contributed by atoms with Gasteiger partial charge in [0.25, 0.3) is 10.0 Å². The molecule has 0 radical (unpaired) electrons. The van der Waals surface area contributed by atoms with Crippen molar-refractivity contribution in [3.05, 3.63) is 42.5 Å². The zero-order chi connectivity index (χ0) is 17.0. The van der Waals surface area contributed by atoms with Gasteiger partial charge in [0.1, 0.15) is 0 Å². The van der Waals surface area contributed by atoms with Gasteiger partial charge in [0, 0.05) is 13.0 Å². The van der Waals surface area contributed by atoms with E-state index in [0.717, 1.165) is 6.92 Å². The zero-order valence-electron chi connectivity index (χ0n) is 12.0. The average Bonchev–Trinajstić information content (AvgIpc) is 2.48. The average molecular weight is 335 g/mol. The SMILES string of the molecule is CC(=O)NS(=O)(=O)c1ccc(N=Nc2ccc(O)c(O)c2)cc1. The molecule has 0 heterocycles. The summed E-state index contributed by atoms with van der Waals surface area (Å²) in [6, 6.07) is 9.36. The number of benzene rings is 2. The Balaban J connectivity index is 2.18. The molecule has 0 bridgehead atoms. The molecule has 2 rings (SSSR count). The van der Waals surface area contributed by atoms with E-state index < -0.39 is 15.9 Å². The van der Waals surface area contributed by atoms with Gasteiger partial charge in [-0.25, -0.2) is 13.1 Å². The highest BCUT2D eigenvalue weighted by Gasteiger charge is 2.14. The summed E-state index contributed by atoms with van der Waals surface area (Å²) >= 11 is 0. The van der Waals surface area contributed by atoms with Crippen molar-refractivity contribution in [3.63, 3.8) is 0 Å². The molecule has 0 fully saturated rings. The van der Waals surface area contributed by atoms with Crippen molar-refractivity contribution < 1.29 is 23.4 Å². The van der Waals surface area contributed by atoms with Gasteiger partial charge in [-0.15, -0.1) is 0 Å². The third-order valence-corrected chi connectivity index (χ3v) is 4.11. The first kappa shape index (κ1) is 16.4. The van der Waals surface area contributed by atoms with Gasteiger partial charge in [-0.1, -0.05) is 0 Å². The Morgan fingerprint density at radius 2 is 1.52 bits per heavy atom. The number of phenolic OH excluding ortho intramolecular Hbond substituents is 2. The minimum Gasteiger partial charge on any atom is -0.504 e. The third-order valence-electron chi connectivity index (χ3n) is 2.67. The molecule has 0 aliphatic heterocycles. The fourth-order valence-corrected chi connectivity index (χ4v) is 2.62. The van der Waals surface area contributed by atoms with Crippen LogP contribution in [0.5, 0.6) is 11.5 Å². The number of phenols is 2. The molecule has 0 saturated carbocycles. The zero-order valence-corrected chi connectivity index (χ0v) is 12.8. The number of amides is 1. The van der Waals surface area contributed by atoms with Crippen molar-refractivity contribution >= 4 is 27.3 Å². The van der Waals surface area contributed by atoms with Gasteiger partial charge in [-0.2, -0.15) is 10.2 Å². The highest BCUT2D eigenvalue weighted by atomic mass is 32.2. The van der Waals surface area contributed by atoms with Crippen LogP contribution in [0.1, 0.15) is 6.92 Å². The van der Waals surface area contributed by atoms with Crippen LogP contribution < -0.4 is 4.72 Å². The molecular formula is C14H13N3O5S. The monoisotopic (exact) mass is 335 g/mol. The Bertz CT molecular complexity index is 860. The molecule has 0 saturated heterocycles. The van der Waals surface area contributed by atoms with Crippen LogP contribution in [0.3, 0.4) is 0 Å². The molecule has 2 aromatic rings. The molecule has 0 spiro atoms. The van der Waals surface area contributed by atoms with Gasteiger partial charge in [0.05, 0.1) is 16.3 Å². The predicted molar refractivity (Wildman–Crippen MR) is 81.4 cm³/mol. The topological polar surface area (TPSA) is 128 Å². The van der Waals surface area contributed by atoms with Crippen molar-refractivity contribution in [2.75, 3.05) is 0 Å².